The van der Waals surface area contributed by atoms with Crippen LogP contribution in [-0.2, 0) is 9.59 Å². The molecule has 19 heavy (non-hydrogen) atoms. The summed E-state index contributed by atoms with van der Waals surface area (Å²) >= 11 is 0. The van der Waals surface area contributed by atoms with Gasteiger partial charge in [0.25, 0.3) is 5.91 Å². The molecule has 0 bridgehead atoms. The molecular weight excluding hydrogens is 252 g/mol. The average Bonchev–Trinajstić information content (AvgIpc) is 2.46. The van der Waals surface area contributed by atoms with Gasteiger partial charge in [-0.25, -0.2) is 16.1 Å². The average molecular weight is 268 g/mol. The summed E-state index contributed by atoms with van der Waals surface area (Å²) in [4.78, 5) is 37.5. The summed E-state index contributed by atoms with van der Waals surface area (Å²) in [5.41, 5.74) is 4.72. The van der Waals surface area contributed by atoms with Crippen molar-refractivity contribution in [3.8, 4) is 0 Å². The van der Waals surface area contributed by atoms with Crippen molar-refractivity contribution in [2.45, 2.75) is 12.8 Å². The summed E-state index contributed by atoms with van der Waals surface area (Å²) in [6.45, 7) is 1.71. The Morgan fingerprint density at radius 1 is 1.16 bits per heavy atom. The first-order valence-corrected chi connectivity index (χ1v) is 6.02. The van der Waals surface area contributed by atoms with Crippen LogP contribution in [0.3, 0.4) is 0 Å². The van der Waals surface area contributed by atoms with Gasteiger partial charge in [-0.2, -0.15) is 5.10 Å². The second-order valence-electron chi connectivity index (χ2n) is 4.32. The van der Waals surface area contributed by atoms with Crippen molar-refractivity contribution in [3.05, 3.63) is 0 Å². The fourth-order valence-corrected chi connectivity index (χ4v) is 2.01. The molecule has 9 nitrogen and oxygen atoms in total. The zero-order valence-corrected chi connectivity index (χ0v) is 10.4. The number of carbonyl (C=O) groups excluding carboxylic acids is 3. The molecule has 9 heteroatoms. The van der Waals surface area contributed by atoms with Crippen LogP contribution in [0.2, 0.25) is 0 Å². The molecular formula is C10H16N6O3. The molecule has 2 rings (SSSR count). The number of nitrogens with one attached hydrogen (secondary N) is 2. The molecule has 0 saturated carbocycles. The van der Waals surface area contributed by atoms with E-state index in [1.165, 1.54) is 4.90 Å². The van der Waals surface area contributed by atoms with Gasteiger partial charge in [-0.05, 0) is 0 Å². The molecule has 0 aliphatic carbocycles. The first-order valence-electron chi connectivity index (χ1n) is 6.02. The van der Waals surface area contributed by atoms with Gasteiger partial charge in [0.15, 0.2) is 0 Å². The minimum absolute atomic E-state index is 0.180. The van der Waals surface area contributed by atoms with E-state index in [2.05, 4.69) is 16.0 Å². The number of amides is 4. The molecule has 0 aromatic carbocycles. The van der Waals surface area contributed by atoms with E-state index in [-0.39, 0.29) is 24.3 Å². The number of rotatable bonds is 1. The summed E-state index contributed by atoms with van der Waals surface area (Å²) in [6, 6.07) is -0.352. The lowest BCUT2D eigenvalue weighted by molar-refractivity contribution is -0.125. The van der Waals surface area contributed by atoms with Gasteiger partial charge in [-0.3, -0.25) is 15.0 Å². The number of hydrazine groups is 1. The molecule has 1 saturated heterocycles. The van der Waals surface area contributed by atoms with Crippen molar-refractivity contribution in [1.29, 1.82) is 0 Å². The Morgan fingerprint density at radius 2 is 1.79 bits per heavy atom. The molecule has 0 unspecified atom stereocenters. The van der Waals surface area contributed by atoms with E-state index in [9.17, 15) is 14.4 Å². The number of nitrogens with zero attached hydrogens (tertiary/aromatic N) is 3. The first kappa shape index (κ1) is 13.3. The summed E-state index contributed by atoms with van der Waals surface area (Å²) in [5.74, 6) is 4.68. The van der Waals surface area contributed by atoms with Gasteiger partial charge in [-0.1, -0.05) is 0 Å². The molecule has 0 aromatic rings. The number of piperazine rings is 1. The highest BCUT2D eigenvalue weighted by molar-refractivity contribution is 6.39. The van der Waals surface area contributed by atoms with Gasteiger partial charge < -0.3 is 9.80 Å². The first-order chi connectivity index (χ1) is 9.11. The molecule has 1 fully saturated rings. The number of nitrogens with two attached hydrogens (primary N) is 1. The summed E-state index contributed by atoms with van der Waals surface area (Å²) < 4.78 is 0. The third-order valence-corrected chi connectivity index (χ3v) is 3.13. The van der Waals surface area contributed by atoms with Crippen molar-refractivity contribution in [1.82, 2.24) is 20.7 Å². The second-order valence-corrected chi connectivity index (χ2v) is 4.32. The zero-order chi connectivity index (χ0) is 13.8. The molecule has 2 aliphatic rings. The van der Waals surface area contributed by atoms with E-state index >= 15 is 0 Å². The van der Waals surface area contributed by atoms with Crippen molar-refractivity contribution in [2.75, 3.05) is 26.2 Å². The highest BCUT2D eigenvalue weighted by atomic mass is 16.2. The van der Waals surface area contributed by atoms with E-state index in [0.717, 1.165) is 0 Å². The van der Waals surface area contributed by atoms with Gasteiger partial charge in [0.2, 0.25) is 5.91 Å². The lowest BCUT2D eigenvalue weighted by Crippen LogP contribution is -2.55. The van der Waals surface area contributed by atoms with Crippen molar-refractivity contribution >= 4 is 23.6 Å². The van der Waals surface area contributed by atoms with Gasteiger partial charge in [-0.15, -0.1) is 0 Å². The maximum Gasteiger partial charge on any atom is 0.331 e. The number of hydrazone groups is 1. The van der Waals surface area contributed by atoms with Crippen LogP contribution >= 0.6 is 0 Å². The molecule has 0 spiro atoms. The van der Waals surface area contributed by atoms with Crippen molar-refractivity contribution < 1.29 is 14.4 Å². The quantitative estimate of drug-likeness (QED) is 0.289. The fraction of sp³-hybridized carbons (Fsp3) is 0.600. The van der Waals surface area contributed by atoms with Crippen LogP contribution in [0.25, 0.3) is 0 Å². The van der Waals surface area contributed by atoms with Gasteiger partial charge in [0.05, 0.1) is 0 Å². The highest BCUT2D eigenvalue weighted by Gasteiger charge is 2.27. The Morgan fingerprint density at radius 3 is 2.32 bits per heavy atom. The van der Waals surface area contributed by atoms with Gasteiger partial charge >= 0.3 is 6.03 Å². The van der Waals surface area contributed by atoms with E-state index in [1.807, 2.05) is 0 Å². The minimum atomic E-state index is -0.352. The van der Waals surface area contributed by atoms with Gasteiger partial charge in [0, 0.05) is 39.0 Å². The molecule has 4 N–H and O–H groups in total. The molecule has 0 atom stereocenters. The second kappa shape index (κ2) is 5.65. The zero-order valence-electron chi connectivity index (χ0n) is 10.4. The number of hydrogen-bond acceptors (Lipinski definition) is 5. The summed E-state index contributed by atoms with van der Waals surface area (Å²) in [5, 5.41) is 3.77. The van der Waals surface area contributed by atoms with E-state index in [4.69, 9.17) is 5.84 Å². The maximum absolute atomic E-state index is 12.1. The Hall–Kier alpha value is -2.16. The lowest BCUT2D eigenvalue weighted by Gasteiger charge is -2.34. The Bertz CT molecular complexity index is 427. The Balaban J connectivity index is 1.89. The van der Waals surface area contributed by atoms with Crippen LogP contribution in [0.5, 0.6) is 0 Å². The smallest absolute Gasteiger partial charge is 0.331 e. The van der Waals surface area contributed by atoms with E-state index < -0.39 is 0 Å². The van der Waals surface area contributed by atoms with Crippen molar-refractivity contribution in [3.63, 3.8) is 0 Å². The number of hydrogen-bond donors (Lipinski definition) is 3. The lowest BCUT2D eigenvalue weighted by atomic mass is 10.1. The molecule has 4 amide bonds. The molecule has 0 radical (unpaired) electrons. The van der Waals surface area contributed by atoms with Crippen LogP contribution in [0.15, 0.2) is 5.10 Å². The van der Waals surface area contributed by atoms with Crippen LogP contribution < -0.4 is 16.7 Å². The third kappa shape index (κ3) is 2.99. The fourth-order valence-electron chi connectivity index (χ4n) is 2.01. The SMILES string of the molecule is NNC(=O)N1CCN(C(=O)C2=NNC(=O)CC2)CC1. The largest absolute Gasteiger partial charge is 0.334 e. The summed E-state index contributed by atoms with van der Waals surface area (Å²) in [6.07, 6.45) is 0.633. The predicted octanol–water partition coefficient (Wildman–Crippen LogP) is -2.02. The molecule has 2 aliphatic heterocycles. The van der Waals surface area contributed by atoms with Crippen LogP contribution in [0, 0.1) is 0 Å². The van der Waals surface area contributed by atoms with Gasteiger partial charge in [0.1, 0.15) is 5.71 Å². The molecule has 0 aromatic heterocycles. The molecule has 2 heterocycles. The standard InChI is InChI=1S/C10H16N6O3/c11-12-10(19)16-5-3-15(4-6-16)9(18)7-1-2-8(17)14-13-7/h1-6,11H2,(H,12,19)(H,14,17). The predicted molar refractivity (Wildman–Crippen MR) is 65.7 cm³/mol. The van der Waals surface area contributed by atoms with E-state index in [1.54, 1.807) is 4.90 Å². The molecule has 104 valence electrons. The normalized spacial score (nSPS) is 19.6. The minimum Gasteiger partial charge on any atom is -0.334 e. The number of carbonyl (C=O) groups is 3. The Labute approximate surface area is 109 Å². The Kier molecular flexibility index (Phi) is 3.95. The number of urea groups is 1. The third-order valence-electron chi connectivity index (χ3n) is 3.13. The maximum atomic E-state index is 12.1. The summed E-state index contributed by atoms with van der Waals surface area (Å²) in [7, 11) is 0. The monoisotopic (exact) mass is 268 g/mol. The van der Waals surface area contributed by atoms with Crippen LogP contribution in [-0.4, -0.2) is 59.5 Å². The van der Waals surface area contributed by atoms with E-state index in [0.29, 0.717) is 38.3 Å². The van der Waals surface area contributed by atoms with Crippen LogP contribution in [0.1, 0.15) is 12.8 Å². The highest BCUT2D eigenvalue weighted by Crippen LogP contribution is 2.07. The van der Waals surface area contributed by atoms with Crippen molar-refractivity contribution in [2.24, 2.45) is 10.9 Å². The van der Waals surface area contributed by atoms with Crippen LogP contribution in [0.4, 0.5) is 4.79 Å². The topological polar surface area (TPSA) is 120 Å².